The van der Waals surface area contributed by atoms with Gasteiger partial charge in [-0.15, -0.1) is 0 Å². The first-order valence-electron chi connectivity index (χ1n) is 6.61. The van der Waals surface area contributed by atoms with Gasteiger partial charge in [0, 0.05) is 39.4 Å². The third kappa shape index (κ3) is 5.07. The number of carbonyl (C=O) groups excluding carboxylic acids is 1. The number of likely N-dealkylation sites (N-methyl/N-ethyl adjacent to an activating group) is 1. The van der Waals surface area contributed by atoms with Crippen LogP contribution in [0, 0.1) is 0 Å². The zero-order valence-electron chi connectivity index (χ0n) is 12.4. The second-order valence-electron chi connectivity index (χ2n) is 4.60. The molecule has 0 radical (unpaired) electrons. The van der Waals surface area contributed by atoms with Crippen LogP contribution in [0.15, 0.2) is 18.2 Å². The summed E-state index contributed by atoms with van der Waals surface area (Å²) in [5.41, 5.74) is 7.92. The molecule has 0 atom stereocenters. The van der Waals surface area contributed by atoms with Crippen molar-refractivity contribution in [1.29, 1.82) is 0 Å². The van der Waals surface area contributed by atoms with Crippen LogP contribution in [0.3, 0.4) is 0 Å². The number of nitrogens with two attached hydrogens (primary N) is 1. The molecule has 0 bridgehead atoms. The lowest BCUT2D eigenvalue weighted by Crippen LogP contribution is -2.28. The predicted octanol–water partition coefficient (Wildman–Crippen LogP) is 0.619. The van der Waals surface area contributed by atoms with Crippen molar-refractivity contribution in [3.8, 4) is 0 Å². The monoisotopic (exact) mass is 280 g/mol. The Morgan fingerprint density at radius 1 is 1.40 bits per heavy atom. The average Bonchev–Trinajstić information content (AvgIpc) is 2.45. The van der Waals surface area contributed by atoms with Gasteiger partial charge in [0.15, 0.2) is 0 Å². The van der Waals surface area contributed by atoms with Gasteiger partial charge in [-0.3, -0.25) is 4.79 Å². The molecule has 0 saturated heterocycles. The highest BCUT2D eigenvalue weighted by Crippen LogP contribution is 2.19. The second-order valence-corrected chi connectivity index (χ2v) is 4.60. The Morgan fingerprint density at radius 2 is 2.15 bits per heavy atom. The molecule has 0 heterocycles. The molecule has 0 aromatic heterocycles. The van der Waals surface area contributed by atoms with Gasteiger partial charge in [0.2, 0.25) is 0 Å². The Kier molecular flexibility index (Phi) is 6.83. The van der Waals surface area contributed by atoms with Crippen molar-refractivity contribution in [1.82, 2.24) is 10.2 Å². The molecule has 0 saturated carbocycles. The number of ether oxygens (including phenoxy) is 1. The number of rotatable bonds is 8. The summed E-state index contributed by atoms with van der Waals surface area (Å²) in [5, 5.41) is 5.84. The number of hydrogen-bond donors (Lipinski definition) is 3. The van der Waals surface area contributed by atoms with E-state index >= 15 is 0 Å². The third-order valence-corrected chi connectivity index (χ3v) is 3.03. The van der Waals surface area contributed by atoms with E-state index in [-0.39, 0.29) is 5.91 Å². The van der Waals surface area contributed by atoms with Crippen LogP contribution in [0.4, 0.5) is 11.4 Å². The number of nitrogen functional groups attached to an aromatic ring is 1. The van der Waals surface area contributed by atoms with Crippen LogP contribution in [0.25, 0.3) is 0 Å². The molecule has 0 fully saturated rings. The molecular weight excluding hydrogens is 256 g/mol. The maximum atomic E-state index is 11.5. The van der Waals surface area contributed by atoms with E-state index in [1.54, 1.807) is 26.3 Å². The zero-order chi connectivity index (χ0) is 15.0. The highest BCUT2D eigenvalue weighted by molar-refractivity contribution is 5.95. The van der Waals surface area contributed by atoms with Crippen molar-refractivity contribution in [3.05, 3.63) is 23.8 Å². The van der Waals surface area contributed by atoms with Crippen LogP contribution in [0.5, 0.6) is 0 Å². The van der Waals surface area contributed by atoms with E-state index in [1.807, 2.05) is 13.1 Å². The molecular formula is C14H24N4O2. The van der Waals surface area contributed by atoms with E-state index in [4.69, 9.17) is 10.5 Å². The first-order chi connectivity index (χ1) is 9.58. The van der Waals surface area contributed by atoms with Crippen molar-refractivity contribution in [2.45, 2.75) is 0 Å². The number of benzene rings is 1. The topological polar surface area (TPSA) is 79.6 Å². The molecule has 0 aliphatic rings. The molecule has 0 aliphatic carbocycles. The number of amides is 1. The van der Waals surface area contributed by atoms with Crippen molar-refractivity contribution < 1.29 is 9.53 Å². The lowest BCUT2D eigenvalue weighted by molar-refractivity contribution is 0.0963. The summed E-state index contributed by atoms with van der Waals surface area (Å²) in [7, 11) is 5.33. The Labute approximate surface area is 120 Å². The van der Waals surface area contributed by atoms with Gasteiger partial charge in [-0.2, -0.15) is 0 Å². The van der Waals surface area contributed by atoms with Crippen molar-refractivity contribution in [3.63, 3.8) is 0 Å². The number of anilines is 2. The Morgan fingerprint density at radius 3 is 2.75 bits per heavy atom. The summed E-state index contributed by atoms with van der Waals surface area (Å²) >= 11 is 0. The highest BCUT2D eigenvalue weighted by atomic mass is 16.5. The van der Waals surface area contributed by atoms with Crippen LogP contribution >= 0.6 is 0 Å². The summed E-state index contributed by atoms with van der Waals surface area (Å²) < 4.78 is 5.02. The number of hydrogen-bond acceptors (Lipinski definition) is 5. The molecule has 6 nitrogen and oxygen atoms in total. The largest absolute Gasteiger partial charge is 0.397 e. The lowest BCUT2D eigenvalue weighted by Gasteiger charge is -2.17. The van der Waals surface area contributed by atoms with Gasteiger partial charge < -0.3 is 26.0 Å². The second kappa shape index (κ2) is 8.39. The quantitative estimate of drug-likeness (QED) is 0.608. The number of nitrogens with zero attached hydrogens (tertiary/aromatic N) is 1. The molecule has 4 N–H and O–H groups in total. The van der Waals surface area contributed by atoms with Gasteiger partial charge in [0.05, 0.1) is 18.0 Å². The molecule has 1 aromatic carbocycles. The molecule has 1 rings (SSSR count). The van der Waals surface area contributed by atoms with Gasteiger partial charge in [-0.05, 0) is 25.2 Å². The van der Waals surface area contributed by atoms with E-state index in [2.05, 4.69) is 15.5 Å². The average molecular weight is 280 g/mol. The first-order valence-corrected chi connectivity index (χ1v) is 6.61. The van der Waals surface area contributed by atoms with E-state index in [0.717, 1.165) is 31.9 Å². The molecule has 0 spiro atoms. The fourth-order valence-corrected chi connectivity index (χ4v) is 1.75. The fraction of sp³-hybridized carbons (Fsp3) is 0.500. The molecule has 1 amide bonds. The Bertz CT molecular complexity index is 437. The predicted molar refractivity (Wildman–Crippen MR) is 82.1 cm³/mol. The minimum atomic E-state index is -0.137. The molecule has 0 aliphatic heterocycles. The van der Waals surface area contributed by atoms with E-state index < -0.39 is 0 Å². The SMILES string of the molecule is CNC(=O)c1ccc(NCCN(C)CCOC)c(N)c1. The summed E-state index contributed by atoms with van der Waals surface area (Å²) in [6, 6.07) is 5.26. The highest BCUT2D eigenvalue weighted by Gasteiger charge is 2.06. The van der Waals surface area contributed by atoms with Gasteiger partial charge in [-0.1, -0.05) is 0 Å². The van der Waals surface area contributed by atoms with Gasteiger partial charge >= 0.3 is 0 Å². The minimum absolute atomic E-state index is 0.137. The summed E-state index contributed by atoms with van der Waals surface area (Å²) in [6.45, 7) is 3.28. The summed E-state index contributed by atoms with van der Waals surface area (Å²) in [5.74, 6) is -0.137. The lowest BCUT2D eigenvalue weighted by atomic mass is 10.1. The maximum Gasteiger partial charge on any atom is 0.251 e. The molecule has 6 heteroatoms. The number of nitrogens with one attached hydrogen (secondary N) is 2. The van der Waals surface area contributed by atoms with Crippen molar-refractivity contribution in [2.24, 2.45) is 0 Å². The Balaban J connectivity index is 2.46. The Hall–Kier alpha value is -1.79. The van der Waals surface area contributed by atoms with Crippen LogP contribution in [0.1, 0.15) is 10.4 Å². The molecule has 20 heavy (non-hydrogen) atoms. The molecule has 0 unspecified atom stereocenters. The summed E-state index contributed by atoms with van der Waals surface area (Å²) in [4.78, 5) is 13.6. The van der Waals surface area contributed by atoms with Crippen LogP contribution in [0.2, 0.25) is 0 Å². The molecule has 112 valence electrons. The normalized spacial score (nSPS) is 10.6. The van der Waals surface area contributed by atoms with Gasteiger partial charge in [-0.25, -0.2) is 0 Å². The van der Waals surface area contributed by atoms with Crippen molar-refractivity contribution in [2.75, 3.05) is 58.5 Å². The zero-order valence-corrected chi connectivity index (χ0v) is 12.4. The van der Waals surface area contributed by atoms with Gasteiger partial charge in [0.1, 0.15) is 0 Å². The number of methoxy groups -OCH3 is 1. The third-order valence-electron chi connectivity index (χ3n) is 3.03. The van der Waals surface area contributed by atoms with Gasteiger partial charge in [0.25, 0.3) is 5.91 Å². The van der Waals surface area contributed by atoms with Crippen LogP contribution < -0.4 is 16.4 Å². The van der Waals surface area contributed by atoms with E-state index in [9.17, 15) is 4.79 Å². The first kappa shape index (κ1) is 16.3. The van der Waals surface area contributed by atoms with Crippen LogP contribution in [-0.4, -0.2) is 58.3 Å². The summed E-state index contributed by atoms with van der Waals surface area (Å²) in [6.07, 6.45) is 0. The van der Waals surface area contributed by atoms with E-state index in [1.165, 1.54) is 0 Å². The minimum Gasteiger partial charge on any atom is -0.397 e. The standard InChI is InChI=1S/C14H24N4O2/c1-16-14(19)11-4-5-13(12(15)10-11)17-6-7-18(2)8-9-20-3/h4-5,10,17H,6-9,15H2,1-3H3,(H,16,19). The maximum absolute atomic E-state index is 11.5. The fourth-order valence-electron chi connectivity index (χ4n) is 1.75. The van der Waals surface area contributed by atoms with E-state index in [0.29, 0.717) is 11.3 Å². The smallest absolute Gasteiger partial charge is 0.251 e. The number of carbonyl (C=O) groups is 1. The van der Waals surface area contributed by atoms with Crippen LogP contribution in [-0.2, 0) is 4.74 Å². The van der Waals surface area contributed by atoms with Crippen molar-refractivity contribution >= 4 is 17.3 Å². The molecule has 1 aromatic rings.